The van der Waals surface area contributed by atoms with Crippen molar-refractivity contribution in [1.29, 1.82) is 0 Å². The Morgan fingerprint density at radius 2 is 2.28 bits per heavy atom. The molecule has 18 heavy (non-hydrogen) atoms. The van der Waals surface area contributed by atoms with E-state index in [0.717, 1.165) is 17.7 Å². The van der Waals surface area contributed by atoms with E-state index >= 15 is 0 Å². The zero-order valence-electron chi connectivity index (χ0n) is 11.0. The minimum Gasteiger partial charge on any atom is -0.481 e. The molecular weight excluding hydrogens is 230 g/mol. The van der Waals surface area contributed by atoms with Crippen LogP contribution in [0.2, 0.25) is 0 Å². The van der Waals surface area contributed by atoms with Gasteiger partial charge in [0, 0.05) is 25.3 Å². The summed E-state index contributed by atoms with van der Waals surface area (Å²) in [6.07, 6.45) is 1.71. The summed E-state index contributed by atoms with van der Waals surface area (Å²) in [6.45, 7) is 2.76. The van der Waals surface area contributed by atoms with Gasteiger partial charge in [-0.1, -0.05) is 19.1 Å². The number of carboxylic acid groups (broad SMARTS) is 1. The minimum atomic E-state index is -0.765. The third-order valence-electron chi connectivity index (χ3n) is 2.79. The molecule has 1 atom stereocenters. The van der Waals surface area contributed by atoms with E-state index in [1.54, 1.807) is 7.11 Å². The molecule has 0 radical (unpaired) electrons. The molecule has 4 nitrogen and oxygen atoms in total. The Bertz CT molecular complexity index is 379. The van der Waals surface area contributed by atoms with Crippen molar-refractivity contribution in [3.8, 4) is 0 Å². The maximum atomic E-state index is 10.5. The first-order valence-corrected chi connectivity index (χ1v) is 6.22. The summed E-state index contributed by atoms with van der Waals surface area (Å²) in [7, 11) is 1.69. The monoisotopic (exact) mass is 251 g/mol. The standard InChI is InChI=1S/C14H21NO3/c1-3-12(10-18-2)15-13-6-4-5-11(9-13)7-8-14(16)17/h4-6,9,12,15H,3,7-8,10H2,1-2H3,(H,16,17). The van der Waals surface area contributed by atoms with Crippen LogP contribution in [0.4, 0.5) is 5.69 Å². The number of rotatable bonds is 8. The fourth-order valence-electron chi connectivity index (χ4n) is 1.77. The van der Waals surface area contributed by atoms with Gasteiger partial charge in [-0.25, -0.2) is 0 Å². The molecule has 0 spiro atoms. The van der Waals surface area contributed by atoms with E-state index < -0.39 is 5.97 Å². The van der Waals surface area contributed by atoms with E-state index in [4.69, 9.17) is 9.84 Å². The summed E-state index contributed by atoms with van der Waals surface area (Å²) in [4.78, 5) is 10.5. The highest BCUT2D eigenvalue weighted by Crippen LogP contribution is 2.14. The van der Waals surface area contributed by atoms with E-state index in [-0.39, 0.29) is 12.5 Å². The maximum Gasteiger partial charge on any atom is 0.303 e. The molecule has 1 rings (SSSR count). The van der Waals surface area contributed by atoms with Gasteiger partial charge in [0.15, 0.2) is 0 Å². The van der Waals surface area contributed by atoms with Crippen molar-refractivity contribution in [2.24, 2.45) is 0 Å². The number of aliphatic carboxylic acids is 1. The fourth-order valence-corrected chi connectivity index (χ4v) is 1.77. The maximum absolute atomic E-state index is 10.5. The largest absolute Gasteiger partial charge is 0.481 e. The average Bonchev–Trinajstić information content (AvgIpc) is 2.36. The highest BCUT2D eigenvalue weighted by atomic mass is 16.5. The van der Waals surface area contributed by atoms with Crippen LogP contribution in [0.15, 0.2) is 24.3 Å². The topological polar surface area (TPSA) is 58.6 Å². The molecule has 0 bridgehead atoms. The van der Waals surface area contributed by atoms with Crippen LogP contribution in [0.25, 0.3) is 0 Å². The number of carbonyl (C=O) groups is 1. The smallest absolute Gasteiger partial charge is 0.303 e. The molecule has 0 amide bonds. The molecule has 0 saturated heterocycles. The lowest BCUT2D eigenvalue weighted by Crippen LogP contribution is -2.23. The van der Waals surface area contributed by atoms with Gasteiger partial charge in [-0.2, -0.15) is 0 Å². The SMILES string of the molecule is CCC(COC)Nc1cccc(CCC(=O)O)c1. The van der Waals surface area contributed by atoms with Crippen molar-refractivity contribution in [3.63, 3.8) is 0 Å². The van der Waals surface area contributed by atoms with Gasteiger partial charge in [0.05, 0.1) is 6.61 Å². The van der Waals surface area contributed by atoms with Crippen LogP contribution in [-0.4, -0.2) is 30.8 Å². The average molecular weight is 251 g/mol. The molecule has 0 aliphatic heterocycles. The van der Waals surface area contributed by atoms with Crippen LogP contribution in [0, 0.1) is 0 Å². The lowest BCUT2D eigenvalue weighted by atomic mass is 10.1. The second kappa shape index (κ2) is 7.71. The van der Waals surface area contributed by atoms with Crippen LogP contribution in [0.1, 0.15) is 25.3 Å². The normalized spacial score (nSPS) is 12.1. The molecule has 1 aromatic rings. The van der Waals surface area contributed by atoms with Crippen LogP contribution >= 0.6 is 0 Å². The van der Waals surface area contributed by atoms with Gasteiger partial charge in [0.2, 0.25) is 0 Å². The minimum absolute atomic E-state index is 0.165. The Morgan fingerprint density at radius 1 is 1.50 bits per heavy atom. The van der Waals surface area contributed by atoms with E-state index in [9.17, 15) is 4.79 Å². The molecule has 0 aliphatic rings. The van der Waals surface area contributed by atoms with Crippen molar-refractivity contribution in [2.75, 3.05) is 19.0 Å². The molecule has 0 saturated carbocycles. The number of nitrogens with one attached hydrogen (secondary N) is 1. The quantitative estimate of drug-likeness (QED) is 0.745. The van der Waals surface area contributed by atoms with Gasteiger partial charge in [-0.15, -0.1) is 0 Å². The Morgan fingerprint density at radius 3 is 2.89 bits per heavy atom. The van der Waals surface area contributed by atoms with Crippen molar-refractivity contribution in [2.45, 2.75) is 32.2 Å². The number of hydrogen-bond acceptors (Lipinski definition) is 3. The van der Waals surface area contributed by atoms with Gasteiger partial charge < -0.3 is 15.2 Å². The molecule has 0 aromatic heterocycles. The molecule has 4 heteroatoms. The van der Waals surface area contributed by atoms with Crippen LogP contribution in [-0.2, 0) is 16.0 Å². The Kier molecular flexibility index (Phi) is 6.22. The summed E-state index contributed by atoms with van der Waals surface area (Å²) in [5.74, 6) is -0.765. The summed E-state index contributed by atoms with van der Waals surface area (Å²) in [5, 5.41) is 12.1. The highest BCUT2D eigenvalue weighted by Gasteiger charge is 2.06. The number of benzene rings is 1. The first-order chi connectivity index (χ1) is 8.65. The highest BCUT2D eigenvalue weighted by molar-refractivity contribution is 5.67. The van der Waals surface area contributed by atoms with Gasteiger partial charge in [0.25, 0.3) is 0 Å². The third-order valence-corrected chi connectivity index (χ3v) is 2.79. The molecule has 1 aromatic carbocycles. The van der Waals surface area contributed by atoms with Crippen LogP contribution in [0.3, 0.4) is 0 Å². The zero-order valence-corrected chi connectivity index (χ0v) is 11.0. The number of carboxylic acids is 1. The van der Waals surface area contributed by atoms with E-state index in [1.165, 1.54) is 0 Å². The molecule has 0 aliphatic carbocycles. The van der Waals surface area contributed by atoms with Crippen molar-refractivity contribution < 1.29 is 14.6 Å². The lowest BCUT2D eigenvalue weighted by molar-refractivity contribution is -0.136. The molecule has 0 heterocycles. The van der Waals surface area contributed by atoms with Crippen molar-refractivity contribution in [3.05, 3.63) is 29.8 Å². The first-order valence-electron chi connectivity index (χ1n) is 6.22. The Balaban J connectivity index is 2.60. The molecule has 2 N–H and O–H groups in total. The number of ether oxygens (including phenoxy) is 1. The lowest BCUT2D eigenvalue weighted by Gasteiger charge is -2.17. The van der Waals surface area contributed by atoms with Gasteiger partial charge in [-0.3, -0.25) is 4.79 Å². The molecule has 1 unspecified atom stereocenters. The fraction of sp³-hybridized carbons (Fsp3) is 0.500. The molecule has 0 fully saturated rings. The Labute approximate surface area is 108 Å². The second-order valence-electron chi connectivity index (χ2n) is 4.30. The van der Waals surface area contributed by atoms with Crippen molar-refractivity contribution in [1.82, 2.24) is 0 Å². The van der Waals surface area contributed by atoms with E-state index in [1.807, 2.05) is 24.3 Å². The van der Waals surface area contributed by atoms with Crippen molar-refractivity contribution >= 4 is 11.7 Å². The van der Waals surface area contributed by atoms with Crippen LogP contribution in [0.5, 0.6) is 0 Å². The molecule has 100 valence electrons. The van der Waals surface area contributed by atoms with Crippen LogP contribution < -0.4 is 5.32 Å². The number of methoxy groups -OCH3 is 1. The van der Waals surface area contributed by atoms with Gasteiger partial charge in [-0.05, 0) is 30.5 Å². The third kappa shape index (κ3) is 5.19. The predicted octanol–water partition coefficient (Wildman–Crippen LogP) is 2.54. The van der Waals surface area contributed by atoms with Gasteiger partial charge >= 0.3 is 5.97 Å². The summed E-state index contributed by atoms with van der Waals surface area (Å²) in [6, 6.07) is 8.17. The summed E-state index contributed by atoms with van der Waals surface area (Å²) < 4.78 is 5.14. The zero-order chi connectivity index (χ0) is 13.4. The Hall–Kier alpha value is -1.55. The first kappa shape index (κ1) is 14.5. The predicted molar refractivity (Wildman–Crippen MR) is 72.0 cm³/mol. The number of aryl methyl sites for hydroxylation is 1. The number of hydrogen-bond donors (Lipinski definition) is 2. The summed E-state index contributed by atoms with van der Waals surface area (Å²) >= 11 is 0. The second-order valence-corrected chi connectivity index (χ2v) is 4.30. The van der Waals surface area contributed by atoms with E-state index in [2.05, 4.69) is 12.2 Å². The molecular formula is C14H21NO3. The van der Waals surface area contributed by atoms with Gasteiger partial charge in [0.1, 0.15) is 0 Å². The number of anilines is 1. The van der Waals surface area contributed by atoms with E-state index in [0.29, 0.717) is 13.0 Å². The summed E-state index contributed by atoms with van der Waals surface area (Å²) in [5.41, 5.74) is 2.05.